The number of Topliss-reactive ketones (excluding diaryl/α,β-unsaturated/α-hetero) is 1. The van der Waals surface area contributed by atoms with Crippen molar-refractivity contribution in [3.63, 3.8) is 0 Å². The fourth-order valence-corrected chi connectivity index (χ4v) is 9.09. The first-order valence-electron chi connectivity index (χ1n) is 15.2. The Balaban J connectivity index is 1.33. The third-order valence-electron chi connectivity index (χ3n) is 11.1. The summed E-state index contributed by atoms with van der Waals surface area (Å²) in [6, 6.07) is 6.14. The molecule has 0 spiro atoms. The molecule has 1 aromatic rings. The van der Waals surface area contributed by atoms with Crippen molar-refractivity contribution >= 4 is 23.2 Å². The Hall–Kier alpha value is -3.21. The summed E-state index contributed by atoms with van der Waals surface area (Å²) in [4.78, 5) is 49.4. The van der Waals surface area contributed by atoms with Gasteiger partial charge in [0, 0.05) is 35.3 Å². The second-order valence-corrected chi connectivity index (χ2v) is 13.7. The SMILES string of the molecule is CC(C)C(=O)OCC(=O)[C@@]12OC(Cc3ccc([N+](=O)[O-])cc3)O[C@@H]1C[C@H]1[C@@H]3CCC4=CC(=O)C=C[C@]4(C)[C@H]3[C@@H](O)C[C@@]12C. The number of hydrogen-bond donors (Lipinski definition) is 1. The molecular weight excluding hydrogens is 554 g/mol. The summed E-state index contributed by atoms with van der Waals surface area (Å²) in [7, 11) is 0. The lowest BCUT2D eigenvalue weighted by Crippen LogP contribution is -2.63. The minimum atomic E-state index is -1.44. The maximum atomic E-state index is 14.3. The highest BCUT2D eigenvalue weighted by Crippen LogP contribution is 2.69. The topological polar surface area (TPSA) is 142 Å². The van der Waals surface area contributed by atoms with E-state index in [1.165, 1.54) is 12.1 Å². The Morgan fingerprint density at radius 1 is 1.21 bits per heavy atom. The molecule has 9 atom stereocenters. The minimum Gasteiger partial charge on any atom is -0.457 e. The number of nitro groups is 1. The number of carbonyl (C=O) groups is 3. The van der Waals surface area contributed by atoms with Crippen LogP contribution in [0.5, 0.6) is 0 Å². The van der Waals surface area contributed by atoms with Crippen LogP contribution in [-0.4, -0.2) is 58.3 Å². The number of aliphatic hydroxyl groups excluding tert-OH is 1. The van der Waals surface area contributed by atoms with E-state index in [0.29, 0.717) is 6.42 Å². The molecule has 230 valence electrons. The first-order chi connectivity index (χ1) is 20.3. The fourth-order valence-electron chi connectivity index (χ4n) is 9.09. The molecule has 10 heteroatoms. The molecular formula is C33H39NO9. The van der Waals surface area contributed by atoms with Crippen molar-refractivity contribution in [1.29, 1.82) is 0 Å². The first-order valence-corrected chi connectivity index (χ1v) is 15.2. The Bertz CT molecular complexity index is 1420. The number of hydrogen-bond acceptors (Lipinski definition) is 9. The molecule has 6 rings (SSSR count). The third kappa shape index (κ3) is 4.52. The molecule has 5 aliphatic rings. The predicted molar refractivity (Wildman–Crippen MR) is 153 cm³/mol. The van der Waals surface area contributed by atoms with E-state index in [-0.39, 0.29) is 47.8 Å². The molecule has 43 heavy (non-hydrogen) atoms. The van der Waals surface area contributed by atoms with Crippen LogP contribution in [0.25, 0.3) is 0 Å². The van der Waals surface area contributed by atoms with E-state index >= 15 is 0 Å². The quantitative estimate of drug-likeness (QED) is 0.279. The summed E-state index contributed by atoms with van der Waals surface area (Å²) in [6.45, 7) is 7.05. The Morgan fingerprint density at radius 2 is 1.93 bits per heavy atom. The van der Waals surface area contributed by atoms with Crippen LogP contribution in [0.3, 0.4) is 0 Å². The maximum absolute atomic E-state index is 14.3. The molecule has 1 unspecified atom stereocenters. The van der Waals surface area contributed by atoms with Crippen LogP contribution < -0.4 is 0 Å². The van der Waals surface area contributed by atoms with Gasteiger partial charge in [-0.15, -0.1) is 0 Å². The van der Waals surface area contributed by atoms with Gasteiger partial charge in [0.2, 0.25) is 5.78 Å². The number of allylic oxidation sites excluding steroid dienone is 4. The molecule has 1 N–H and O–H groups in total. The minimum absolute atomic E-state index is 0.0135. The van der Waals surface area contributed by atoms with Crippen LogP contribution in [0.2, 0.25) is 0 Å². The molecule has 1 aromatic carbocycles. The van der Waals surface area contributed by atoms with E-state index in [1.54, 1.807) is 38.1 Å². The van der Waals surface area contributed by atoms with Gasteiger partial charge >= 0.3 is 5.97 Å². The molecule has 10 nitrogen and oxygen atoms in total. The van der Waals surface area contributed by atoms with Gasteiger partial charge in [0.05, 0.1) is 23.0 Å². The molecule has 1 heterocycles. The predicted octanol–water partition coefficient (Wildman–Crippen LogP) is 4.27. The molecule has 0 radical (unpaired) electrons. The van der Waals surface area contributed by atoms with Crippen molar-refractivity contribution in [3.05, 3.63) is 63.7 Å². The van der Waals surface area contributed by atoms with Crippen molar-refractivity contribution < 1.29 is 38.6 Å². The monoisotopic (exact) mass is 593 g/mol. The van der Waals surface area contributed by atoms with Gasteiger partial charge in [-0.25, -0.2) is 0 Å². The zero-order chi connectivity index (χ0) is 30.9. The second kappa shape index (κ2) is 10.5. The standard InChI is InChI=1S/C33H39NO9/c1-18(2)30(38)41-17-26(37)33-27(42-28(43-33)13-19-5-8-21(9-6-19)34(39)40)15-24-23-10-7-20-14-22(35)11-12-31(20,3)29(23)25(36)16-32(24,33)4/h5-6,8-9,11-12,14,18,23-25,27-29,36H,7,10,13,15-17H2,1-4H3/t23-,24-,25-,27+,28?,29+,31-,32-,33+/m0/s1. The van der Waals surface area contributed by atoms with E-state index in [9.17, 15) is 29.6 Å². The van der Waals surface area contributed by atoms with Gasteiger partial charge in [0.25, 0.3) is 5.69 Å². The fraction of sp³-hybridized carbons (Fsp3) is 0.606. The highest BCUT2D eigenvalue weighted by molar-refractivity contribution is 6.01. The highest BCUT2D eigenvalue weighted by Gasteiger charge is 2.76. The summed E-state index contributed by atoms with van der Waals surface area (Å²) in [5, 5.41) is 23.0. The third-order valence-corrected chi connectivity index (χ3v) is 11.1. The van der Waals surface area contributed by atoms with Gasteiger partial charge in [0.1, 0.15) is 0 Å². The molecule has 1 saturated heterocycles. The number of benzene rings is 1. The van der Waals surface area contributed by atoms with Crippen molar-refractivity contribution in [1.82, 2.24) is 0 Å². The number of aliphatic hydroxyl groups is 1. The van der Waals surface area contributed by atoms with E-state index in [2.05, 4.69) is 6.92 Å². The van der Waals surface area contributed by atoms with Crippen molar-refractivity contribution in [2.24, 2.45) is 34.5 Å². The lowest BCUT2D eigenvalue weighted by molar-refractivity contribution is -0.384. The molecule has 0 bridgehead atoms. The van der Waals surface area contributed by atoms with E-state index in [1.807, 2.05) is 13.0 Å². The highest BCUT2D eigenvalue weighted by atomic mass is 16.7. The summed E-state index contributed by atoms with van der Waals surface area (Å²) < 4.78 is 18.6. The summed E-state index contributed by atoms with van der Waals surface area (Å²) >= 11 is 0. The van der Waals surface area contributed by atoms with Crippen LogP contribution in [0.1, 0.15) is 58.9 Å². The lowest BCUT2D eigenvalue weighted by atomic mass is 9.46. The first kappa shape index (κ1) is 29.8. The van der Waals surface area contributed by atoms with Crippen LogP contribution in [0, 0.1) is 44.6 Å². The molecule has 4 fully saturated rings. The smallest absolute Gasteiger partial charge is 0.308 e. The van der Waals surface area contributed by atoms with Crippen LogP contribution in [-0.2, 0) is 35.0 Å². The number of nitro benzene ring substituents is 1. The summed E-state index contributed by atoms with van der Waals surface area (Å²) in [5.74, 6) is -1.37. The average molecular weight is 594 g/mol. The van der Waals surface area contributed by atoms with Crippen LogP contribution in [0.15, 0.2) is 48.1 Å². The van der Waals surface area contributed by atoms with Crippen molar-refractivity contribution in [2.75, 3.05) is 6.61 Å². The Labute approximate surface area is 250 Å². The van der Waals surface area contributed by atoms with Crippen molar-refractivity contribution in [3.8, 4) is 0 Å². The second-order valence-electron chi connectivity index (χ2n) is 13.7. The lowest BCUT2D eigenvalue weighted by Gasteiger charge is -2.59. The molecule has 3 saturated carbocycles. The molecule has 4 aliphatic carbocycles. The number of non-ortho nitro benzene ring substituents is 1. The van der Waals surface area contributed by atoms with Gasteiger partial charge in [-0.1, -0.05) is 51.5 Å². The molecule has 1 aliphatic heterocycles. The number of ketones is 2. The number of carbonyl (C=O) groups excluding carboxylic acids is 3. The van der Waals surface area contributed by atoms with Crippen LogP contribution in [0.4, 0.5) is 5.69 Å². The van der Waals surface area contributed by atoms with Gasteiger partial charge in [-0.3, -0.25) is 24.5 Å². The number of rotatable bonds is 7. The van der Waals surface area contributed by atoms with E-state index < -0.39 is 58.3 Å². The molecule has 0 amide bonds. The summed E-state index contributed by atoms with van der Waals surface area (Å²) in [6.07, 6.45) is 5.69. The number of fused-ring (bicyclic) bond motifs is 7. The normalized spacial score (nSPS) is 39.4. The van der Waals surface area contributed by atoms with Gasteiger partial charge in [-0.2, -0.15) is 0 Å². The number of nitrogens with zero attached hydrogens (tertiary/aromatic N) is 1. The van der Waals surface area contributed by atoms with Crippen LogP contribution >= 0.6 is 0 Å². The maximum Gasteiger partial charge on any atom is 0.308 e. The average Bonchev–Trinajstić information content (AvgIpc) is 3.43. The van der Waals surface area contributed by atoms with Gasteiger partial charge in [0.15, 0.2) is 24.3 Å². The Kier molecular flexibility index (Phi) is 7.26. The van der Waals surface area contributed by atoms with E-state index in [0.717, 1.165) is 24.0 Å². The van der Waals surface area contributed by atoms with E-state index in [4.69, 9.17) is 14.2 Å². The Morgan fingerprint density at radius 3 is 2.60 bits per heavy atom. The summed E-state index contributed by atoms with van der Waals surface area (Å²) in [5.41, 5.74) is -0.932. The van der Waals surface area contributed by atoms with Gasteiger partial charge in [-0.05, 0) is 55.2 Å². The van der Waals surface area contributed by atoms with Crippen molar-refractivity contribution in [2.45, 2.75) is 83.9 Å². The van der Waals surface area contributed by atoms with Gasteiger partial charge < -0.3 is 19.3 Å². The zero-order valence-electron chi connectivity index (χ0n) is 25.0. The number of esters is 1. The molecule has 0 aromatic heterocycles. The largest absolute Gasteiger partial charge is 0.457 e. The number of ether oxygens (including phenoxy) is 3. The zero-order valence-corrected chi connectivity index (χ0v) is 25.0.